The van der Waals surface area contributed by atoms with E-state index in [1.54, 1.807) is 14.2 Å². The van der Waals surface area contributed by atoms with Crippen LogP contribution in [0.4, 0.5) is 0 Å². The smallest absolute Gasteiger partial charge is 0.249 e. The van der Waals surface area contributed by atoms with Gasteiger partial charge < -0.3 is 23.4 Å². The maximum Gasteiger partial charge on any atom is 0.249 e. The lowest BCUT2D eigenvalue weighted by molar-refractivity contribution is 0.256. The molecule has 2 heterocycles. The molecule has 0 amide bonds. The van der Waals surface area contributed by atoms with Crippen molar-refractivity contribution in [2.24, 2.45) is 0 Å². The summed E-state index contributed by atoms with van der Waals surface area (Å²) in [5.74, 6) is 3.40. The minimum atomic E-state index is 0.288. The molecule has 3 aromatic carbocycles. The Bertz CT molecular complexity index is 1340. The van der Waals surface area contributed by atoms with E-state index in [-0.39, 0.29) is 6.61 Å². The third-order valence-electron chi connectivity index (χ3n) is 6.41. The Kier molecular flexibility index (Phi) is 8.31. The number of halogens is 1. The molecule has 8 nitrogen and oxygen atoms in total. The predicted octanol–water partition coefficient (Wildman–Crippen LogP) is 6.16. The molecular weight excluding hydrogens is 506 g/mol. The predicted molar refractivity (Wildman–Crippen MR) is 144 cm³/mol. The van der Waals surface area contributed by atoms with Crippen molar-refractivity contribution in [2.75, 3.05) is 27.3 Å². The normalized spacial score (nSPS) is 13.4. The SMILES string of the molecule is COc1ccc(COc2ccc(-c3nnc(CN4CCCC4)o3)c(Cl)c2OCc2ccc(OC)cc2)cc1. The molecule has 0 unspecified atom stereocenters. The van der Waals surface area contributed by atoms with Crippen molar-refractivity contribution in [3.63, 3.8) is 0 Å². The summed E-state index contributed by atoms with van der Waals surface area (Å²) in [5.41, 5.74) is 2.53. The highest BCUT2D eigenvalue weighted by Crippen LogP contribution is 2.42. The third kappa shape index (κ3) is 6.20. The first-order valence-electron chi connectivity index (χ1n) is 12.5. The highest BCUT2D eigenvalue weighted by atomic mass is 35.5. The maximum atomic E-state index is 6.88. The lowest BCUT2D eigenvalue weighted by atomic mass is 10.2. The fourth-order valence-electron chi connectivity index (χ4n) is 4.27. The Morgan fingerprint density at radius 3 is 2.00 bits per heavy atom. The number of hydrogen-bond donors (Lipinski definition) is 0. The van der Waals surface area contributed by atoms with Gasteiger partial charge in [-0.1, -0.05) is 35.9 Å². The number of benzene rings is 3. The van der Waals surface area contributed by atoms with Crippen LogP contribution in [-0.4, -0.2) is 42.4 Å². The summed E-state index contributed by atoms with van der Waals surface area (Å²) in [6.07, 6.45) is 2.39. The second-order valence-corrected chi connectivity index (χ2v) is 9.39. The Morgan fingerprint density at radius 1 is 0.789 bits per heavy atom. The lowest BCUT2D eigenvalue weighted by Crippen LogP contribution is -2.18. The number of nitrogens with zero attached hydrogens (tertiary/aromatic N) is 3. The van der Waals surface area contributed by atoms with Gasteiger partial charge in [0.1, 0.15) is 24.7 Å². The third-order valence-corrected chi connectivity index (χ3v) is 6.79. The number of hydrogen-bond acceptors (Lipinski definition) is 8. The monoisotopic (exact) mass is 535 g/mol. The lowest BCUT2D eigenvalue weighted by Gasteiger charge is -2.16. The molecule has 0 aliphatic carbocycles. The summed E-state index contributed by atoms with van der Waals surface area (Å²) in [6, 6.07) is 19.0. The van der Waals surface area contributed by atoms with E-state index < -0.39 is 0 Å². The summed E-state index contributed by atoms with van der Waals surface area (Å²) in [7, 11) is 3.28. The fourth-order valence-corrected chi connectivity index (χ4v) is 4.56. The van der Waals surface area contributed by atoms with Crippen molar-refractivity contribution < 1.29 is 23.4 Å². The van der Waals surface area contributed by atoms with Gasteiger partial charge >= 0.3 is 0 Å². The van der Waals surface area contributed by atoms with Gasteiger partial charge in [-0.25, -0.2) is 0 Å². The second-order valence-electron chi connectivity index (χ2n) is 9.01. The number of likely N-dealkylation sites (tertiary alicyclic amines) is 1. The van der Waals surface area contributed by atoms with Gasteiger partial charge in [-0.05, 0) is 73.5 Å². The van der Waals surface area contributed by atoms with Gasteiger partial charge in [-0.15, -0.1) is 10.2 Å². The Morgan fingerprint density at radius 2 is 1.39 bits per heavy atom. The van der Waals surface area contributed by atoms with Crippen LogP contribution in [0.2, 0.25) is 5.02 Å². The molecule has 38 heavy (non-hydrogen) atoms. The van der Waals surface area contributed by atoms with Gasteiger partial charge in [0.2, 0.25) is 11.8 Å². The van der Waals surface area contributed by atoms with Crippen LogP contribution >= 0.6 is 11.6 Å². The Balaban J connectivity index is 1.38. The summed E-state index contributed by atoms with van der Waals surface area (Å²) < 4.78 is 28.8. The summed E-state index contributed by atoms with van der Waals surface area (Å²) in [4.78, 5) is 2.30. The summed E-state index contributed by atoms with van der Waals surface area (Å²) in [6.45, 7) is 3.34. The van der Waals surface area contributed by atoms with E-state index in [1.807, 2.05) is 60.7 Å². The van der Waals surface area contributed by atoms with Gasteiger partial charge in [0, 0.05) is 0 Å². The molecule has 4 aromatic rings. The molecule has 9 heteroatoms. The molecule has 1 aliphatic heterocycles. The van der Waals surface area contributed by atoms with Crippen LogP contribution in [0.1, 0.15) is 29.9 Å². The molecule has 0 bridgehead atoms. The molecule has 5 rings (SSSR count). The molecule has 1 aliphatic rings. The molecule has 0 radical (unpaired) electrons. The van der Waals surface area contributed by atoms with Gasteiger partial charge in [0.25, 0.3) is 0 Å². The number of methoxy groups -OCH3 is 2. The van der Waals surface area contributed by atoms with Crippen LogP contribution in [0, 0.1) is 0 Å². The largest absolute Gasteiger partial charge is 0.497 e. The van der Waals surface area contributed by atoms with Gasteiger partial charge in [-0.3, -0.25) is 4.90 Å². The number of ether oxygens (including phenoxy) is 4. The first-order valence-corrected chi connectivity index (χ1v) is 12.9. The van der Waals surface area contributed by atoms with E-state index in [0.717, 1.165) is 35.7 Å². The van der Waals surface area contributed by atoms with Crippen molar-refractivity contribution in [3.05, 3.63) is 82.7 Å². The van der Waals surface area contributed by atoms with Crippen molar-refractivity contribution in [1.29, 1.82) is 0 Å². The Labute approximate surface area is 227 Å². The average Bonchev–Trinajstić information content (AvgIpc) is 3.65. The maximum absolute atomic E-state index is 6.88. The molecular formula is C29H30ClN3O5. The van der Waals surface area contributed by atoms with E-state index in [0.29, 0.717) is 47.0 Å². The van der Waals surface area contributed by atoms with E-state index in [4.69, 9.17) is 35.0 Å². The molecule has 0 saturated carbocycles. The van der Waals surface area contributed by atoms with Crippen molar-refractivity contribution in [3.8, 4) is 34.5 Å². The molecule has 1 aromatic heterocycles. The zero-order chi connectivity index (χ0) is 26.3. The highest BCUT2D eigenvalue weighted by Gasteiger charge is 2.21. The van der Waals surface area contributed by atoms with Crippen molar-refractivity contribution >= 4 is 11.6 Å². The standard InChI is InChI=1S/C29H30ClN3O5/c1-34-22-9-5-20(6-10-22)18-36-25-14-13-24(29-32-31-26(38-29)17-33-15-3-4-16-33)27(30)28(25)37-19-21-7-11-23(35-2)12-8-21/h5-14H,3-4,15-19H2,1-2H3. The quantitative estimate of drug-likeness (QED) is 0.226. The second kappa shape index (κ2) is 12.2. The minimum Gasteiger partial charge on any atom is -0.497 e. The minimum absolute atomic E-state index is 0.288. The van der Waals surface area contributed by atoms with E-state index in [1.165, 1.54) is 12.8 Å². The molecule has 1 fully saturated rings. The van der Waals surface area contributed by atoms with Gasteiger partial charge in [-0.2, -0.15) is 0 Å². The topological polar surface area (TPSA) is 79.1 Å². The molecule has 0 atom stereocenters. The van der Waals surface area contributed by atoms with E-state index in [2.05, 4.69) is 15.1 Å². The van der Waals surface area contributed by atoms with Gasteiger partial charge in [0.05, 0.1) is 31.4 Å². The first kappa shape index (κ1) is 25.9. The average molecular weight is 536 g/mol. The van der Waals surface area contributed by atoms with Crippen molar-refractivity contribution in [1.82, 2.24) is 15.1 Å². The van der Waals surface area contributed by atoms with E-state index in [9.17, 15) is 0 Å². The molecule has 0 N–H and O–H groups in total. The van der Waals surface area contributed by atoms with Crippen molar-refractivity contribution in [2.45, 2.75) is 32.6 Å². The van der Waals surface area contributed by atoms with Gasteiger partial charge in [0.15, 0.2) is 11.5 Å². The van der Waals surface area contributed by atoms with Crippen LogP contribution in [0.5, 0.6) is 23.0 Å². The van der Waals surface area contributed by atoms with Crippen LogP contribution in [0.25, 0.3) is 11.5 Å². The summed E-state index contributed by atoms with van der Waals surface area (Å²) >= 11 is 6.88. The number of aromatic nitrogens is 2. The zero-order valence-electron chi connectivity index (χ0n) is 21.5. The number of rotatable bonds is 11. The van der Waals surface area contributed by atoms with Crippen LogP contribution in [-0.2, 0) is 19.8 Å². The van der Waals surface area contributed by atoms with E-state index >= 15 is 0 Å². The van der Waals surface area contributed by atoms with Crippen LogP contribution < -0.4 is 18.9 Å². The van der Waals surface area contributed by atoms with Crippen LogP contribution in [0.15, 0.2) is 65.1 Å². The highest BCUT2D eigenvalue weighted by molar-refractivity contribution is 6.34. The first-order chi connectivity index (χ1) is 18.6. The summed E-state index contributed by atoms with van der Waals surface area (Å²) in [5, 5.41) is 8.84. The molecule has 0 spiro atoms. The zero-order valence-corrected chi connectivity index (χ0v) is 22.2. The Hall–Kier alpha value is -3.75. The fraction of sp³-hybridized carbons (Fsp3) is 0.310. The van der Waals surface area contributed by atoms with Crippen LogP contribution in [0.3, 0.4) is 0 Å². The molecule has 198 valence electrons. The molecule has 1 saturated heterocycles.